The van der Waals surface area contributed by atoms with Crippen LogP contribution >= 0.6 is 0 Å². The summed E-state index contributed by atoms with van der Waals surface area (Å²) in [6, 6.07) is 3.66. The number of Topliss-reactive ketones (excluding diaryl/α,β-unsaturated/α-hetero) is 1. The normalized spacial score (nSPS) is 39.7. The molecule has 3 aliphatic carbocycles. The number of carbonyl (C=O) groups excluding carboxylic acids is 2. The van der Waals surface area contributed by atoms with Crippen molar-refractivity contribution in [1.29, 1.82) is 0 Å². The van der Waals surface area contributed by atoms with Gasteiger partial charge in [-0.25, -0.2) is 4.79 Å². The van der Waals surface area contributed by atoms with Crippen molar-refractivity contribution < 1.29 is 33.6 Å². The van der Waals surface area contributed by atoms with Crippen LogP contribution in [0.25, 0.3) is 0 Å². The van der Waals surface area contributed by atoms with E-state index in [0.717, 1.165) is 30.3 Å². The largest absolute Gasteiger partial charge is 0.493 e. The first kappa shape index (κ1) is 27.3. The Hall–Kier alpha value is -2.32. The van der Waals surface area contributed by atoms with Crippen LogP contribution in [0.2, 0.25) is 0 Å². The number of ketones is 1. The molecule has 205 valence electrons. The molecule has 2 bridgehead atoms. The van der Waals surface area contributed by atoms with E-state index < -0.39 is 29.0 Å². The highest BCUT2D eigenvalue weighted by molar-refractivity contribution is 6.50. The van der Waals surface area contributed by atoms with E-state index in [0.29, 0.717) is 30.9 Å². The van der Waals surface area contributed by atoms with Gasteiger partial charge in [0.15, 0.2) is 18.1 Å². The van der Waals surface area contributed by atoms with Crippen molar-refractivity contribution in [2.75, 3.05) is 13.7 Å². The molecule has 1 aliphatic heterocycles. The smallest absolute Gasteiger partial charge is 0.344 e. The van der Waals surface area contributed by atoms with E-state index in [1.54, 1.807) is 26.7 Å². The molecule has 0 unspecified atom stereocenters. The molecule has 3 saturated carbocycles. The third-order valence-corrected chi connectivity index (χ3v) is 10.8. The zero-order valence-corrected chi connectivity index (χ0v) is 23.2. The van der Waals surface area contributed by atoms with Crippen LogP contribution in [-0.4, -0.2) is 50.3 Å². The highest BCUT2D eigenvalue weighted by Gasteiger charge is 2.68. The lowest BCUT2D eigenvalue weighted by molar-refractivity contribution is -0.207. The van der Waals surface area contributed by atoms with Crippen molar-refractivity contribution in [3.05, 3.63) is 30.4 Å². The van der Waals surface area contributed by atoms with Gasteiger partial charge in [0.2, 0.25) is 0 Å². The van der Waals surface area contributed by atoms with E-state index in [4.69, 9.17) is 18.9 Å². The minimum Gasteiger partial charge on any atom is -0.493 e. The number of benzene rings is 1. The molecule has 8 heteroatoms. The van der Waals surface area contributed by atoms with E-state index >= 15 is 0 Å². The Balaban J connectivity index is 1.45. The summed E-state index contributed by atoms with van der Waals surface area (Å²) in [4.78, 5) is 26.9. The summed E-state index contributed by atoms with van der Waals surface area (Å²) in [5, 5.41) is 11.7. The van der Waals surface area contributed by atoms with E-state index in [2.05, 4.69) is 27.4 Å². The molecule has 0 amide bonds. The zero-order chi connectivity index (χ0) is 27.5. The number of ether oxygens (including phenoxy) is 3. The Bertz CT molecular complexity index is 1140. The van der Waals surface area contributed by atoms with Crippen LogP contribution in [0.4, 0.5) is 0 Å². The predicted molar refractivity (Wildman–Crippen MR) is 143 cm³/mol. The molecule has 8 atom stereocenters. The second-order valence-electron chi connectivity index (χ2n) is 12.5. The average Bonchev–Trinajstić information content (AvgIpc) is 3.52. The molecule has 0 saturated heterocycles. The third kappa shape index (κ3) is 3.93. The maximum atomic E-state index is 13.5. The number of aliphatic hydroxyl groups is 1. The van der Waals surface area contributed by atoms with Crippen LogP contribution in [-0.2, 0) is 25.6 Å². The summed E-state index contributed by atoms with van der Waals surface area (Å²) in [5.74, 6) is 0.520. The number of hydrogen-bond acceptors (Lipinski definition) is 7. The van der Waals surface area contributed by atoms with E-state index in [1.807, 2.05) is 13.0 Å². The second kappa shape index (κ2) is 9.70. The first-order valence-corrected chi connectivity index (χ1v) is 13.8. The lowest BCUT2D eigenvalue weighted by Crippen LogP contribution is -2.63. The molecule has 3 fully saturated rings. The molecule has 7 nitrogen and oxygen atoms in total. The summed E-state index contributed by atoms with van der Waals surface area (Å²) in [5.41, 5.74) is 0.263. The van der Waals surface area contributed by atoms with E-state index in [1.165, 1.54) is 0 Å². The number of esters is 1. The Morgan fingerprint density at radius 3 is 2.76 bits per heavy atom. The van der Waals surface area contributed by atoms with Gasteiger partial charge in [-0.1, -0.05) is 39.8 Å². The molecule has 1 N–H and O–H groups in total. The Morgan fingerprint density at radius 2 is 2.05 bits per heavy atom. The molecule has 0 aromatic heterocycles. The number of fused-ring (bicyclic) bond motifs is 1. The number of methoxy groups -OCH3 is 1. The van der Waals surface area contributed by atoms with Gasteiger partial charge in [-0.05, 0) is 60.0 Å². The van der Waals surface area contributed by atoms with Gasteiger partial charge < -0.3 is 24.0 Å². The van der Waals surface area contributed by atoms with Crippen LogP contribution < -0.4 is 14.9 Å². The lowest BCUT2D eigenvalue weighted by atomic mass is 9.44. The number of aliphatic hydroxyl groups excluding tert-OH is 1. The first-order valence-electron chi connectivity index (χ1n) is 13.8. The molecule has 1 aromatic rings. The van der Waals surface area contributed by atoms with Crippen LogP contribution in [0.3, 0.4) is 0 Å². The van der Waals surface area contributed by atoms with E-state index in [-0.39, 0.29) is 35.6 Å². The molecule has 4 aliphatic rings. The van der Waals surface area contributed by atoms with Gasteiger partial charge in [0.25, 0.3) is 0 Å². The molecule has 1 radical (unpaired) electrons. The molecule has 1 heterocycles. The van der Waals surface area contributed by atoms with Gasteiger partial charge in [-0.2, -0.15) is 0 Å². The van der Waals surface area contributed by atoms with Crippen LogP contribution in [0.15, 0.2) is 24.8 Å². The predicted octanol–water partition coefficient (Wildman–Crippen LogP) is 3.76. The second-order valence-corrected chi connectivity index (χ2v) is 12.5. The molecular weight excluding hydrogens is 483 g/mol. The number of rotatable bonds is 6. The van der Waals surface area contributed by atoms with Gasteiger partial charge in [0, 0.05) is 23.2 Å². The van der Waals surface area contributed by atoms with Gasteiger partial charge in [-0.15, -0.1) is 6.58 Å². The lowest BCUT2D eigenvalue weighted by Gasteiger charge is -2.61. The monoisotopic (exact) mass is 523 g/mol. The summed E-state index contributed by atoms with van der Waals surface area (Å²) < 4.78 is 23.1. The SMILES string of the molecule is C=C[C@]1(C)C[C@@H](OC(=O)COc2ccc3c(c2OC)[B]OC3)[C@]2(C)[C@H](C)CC[C@]3(CCC(=O)[C@H]32)[C@@H](C)[C@@H]1O. The average molecular weight is 523 g/mol. The van der Waals surface area contributed by atoms with Gasteiger partial charge in [0.1, 0.15) is 11.9 Å². The minimum absolute atomic E-state index is 0.0678. The minimum atomic E-state index is -0.696. The van der Waals surface area contributed by atoms with Crippen molar-refractivity contribution in [3.8, 4) is 11.5 Å². The summed E-state index contributed by atoms with van der Waals surface area (Å²) in [6.45, 7) is 12.6. The van der Waals surface area contributed by atoms with Crippen LogP contribution in [0, 0.1) is 34.0 Å². The Morgan fingerprint density at radius 1 is 1.29 bits per heavy atom. The maximum Gasteiger partial charge on any atom is 0.344 e. The summed E-state index contributed by atoms with van der Waals surface area (Å²) >= 11 is 0. The van der Waals surface area contributed by atoms with Crippen LogP contribution in [0.1, 0.15) is 65.4 Å². The summed E-state index contributed by atoms with van der Waals surface area (Å²) in [7, 11) is 3.19. The molecule has 1 aromatic carbocycles. The molecule has 38 heavy (non-hydrogen) atoms. The Kier molecular flexibility index (Phi) is 6.96. The van der Waals surface area contributed by atoms with Gasteiger partial charge >= 0.3 is 13.5 Å². The van der Waals surface area contributed by atoms with Gasteiger partial charge in [0.05, 0.1) is 19.8 Å². The molecule has 5 rings (SSSR count). The molecular formula is C30H40BO7. The Labute approximate surface area is 226 Å². The quantitative estimate of drug-likeness (QED) is 0.345. The van der Waals surface area contributed by atoms with Crippen molar-refractivity contribution >= 4 is 24.7 Å². The van der Waals surface area contributed by atoms with Crippen molar-refractivity contribution in [1.82, 2.24) is 0 Å². The standard InChI is InChI=1S/C30H40BO7/c1-7-28(4)14-22(38-23(33)16-36-21-9-8-19-15-37-31-24(19)25(21)35-6)29(5)17(2)10-12-30(18(3)27(28)34)13-11-20(32)26(29)30/h7-9,17-18,22,26-27,34H,1,10-16H2,2-6H3/t17-,18+,22-,26+,27+,28-,29+,30+/m1/s1. The first-order chi connectivity index (χ1) is 18.0. The van der Waals surface area contributed by atoms with Gasteiger partial charge in [-0.3, -0.25) is 4.79 Å². The highest BCUT2D eigenvalue weighted by Crippen LogP contribution is 2.68. The maximum absolute atomic E-state index is 13.5. The van der Waals surface area contributed by atoms with Crippen molar-refractivity contribution in [2.24, 2.45) is 34.0 Å². The topological polar surface area (TPSA) is 91.3 Å². The highest BCUT2D eigenvalue weighted by atomic mass is 16.6. The fourth-order valence-electron chi connectivity index (χ4n) is 8.25. The number of hydrogen-bond donors (Lipinski definition) is 1. The fraction of sp³-hybridized carbons (Fsp3) is 0.667. The third-order valence-electron chi connectivity index (χ3n) is 10.8. The fourth-order valence-corrected chi connectivity index (χ4v) is 8.25. The number of carbonyl (C=O) groups is 2. The summed E-state index contributed by atoms with van der Waals surface area (Å²) in [6.07, 6.45) is 4.03. The van der Waals surface area contributed by atoms with Crippen LogP contribution in [0.5, 0.6) is 11.5 Å². The molecule has 0 spiro atoms. The van der Waals surface area contributed by atoms with Crippen molar-refractivity contribution in [3.63, 3.8) is 0 Å². The van der Waals surface area contributed by atoms with Crippen molar-refractivity contribution in [2.45, 2.75) is 78.6 Å². The van der Waals surface area contributed by atoms with E-state index in [9.17, 15) is 14.7 Å². The zero-order valence-electron chi connectivity index (χ0n) is 23.2.